The number of hydrogen-bond donors (Lipinski definition) is 0. The molecule has 0 atom stereocenters. The summed E-state index contributed by atoms with van der Waals surface area (Å²) < 4.78 is 15.2. The van der Waals surface area contributed by atoms with Gasteiger partial charge in [-0.1, -0.05) is 0 Å². The van der Waals surface area contributed by atoms with Gasteiger partial charge in [0.1, 0.15) is 0 Å². The Morgan fingerprint density at radius 2 is 1.13 bits per heavy atom. The maximum absolute atomic E-state index is 15.2. The first-order valence-corrected chi connectivity index (χ1v) is 14.2. The van der Waals surface area contributed by atoms with Crippen LogP contribution in [0.15, 0.2) is 109 Å². The van der Waals surface area contributed by atoms with Crippen LogP contribution in [-0.4, -0.2) is 4.92 Å². The van der Waals surface area contributed by atoms with E-state index < -0.39 is 16.0 Å². The molecule has 0 saturated heterocycles. The third kappa shape index (κ3) is 3.58. The van der Waals surface area contributed by atoms with Crippen LogP contribution in [0.3, 0.4) is 0 Å². The Balaban J connectivity index is 2.14. The molecule has 0 saturated carbocycles. The minimum absolute atomic E-state index is 0.0959. The molecule has 0 aliphatic carbocycles. The summed E-state index contributed by atoms with van der Waals surface area (Å²) in [5.74, 6) is -0.578. The van der Waals surface area contributed by atoms with Gasteiger partial charge in [0.15, 0.2) is 0 Å². The molecule has 0 heterocycles. The van der Waals surface area contributed by atoms with E-state index >= 15 is 4.39 Å². The molecule has 0 N–H and O–H groups in total. The SMILES string of the molecule is O=[N+]([O-])c1cccc(F)c1CP(Br)(c1ccccc1)(c1ccccc1)c1ccccc1. The minimum atomic E-state index is -3.53. The molecule has 0 aromatic heterocycles. The molecule has 0 spiro atoms. The Morgan fingerprint density at radius 3 is 1.52 bits per heavy atom. The summed E-state index contributed by atoms with van der Waals surface area (Å²) >= 11 is 4.21. The zero-order valence-electron chi connectivity index (χ0n) is 16.6. The molecule has 3 nitrogen and oxygen atoms in total. The number of benzene rings is 4. The van der Waals surface area contributed by atoms with Crippen LogP contribution >= 0.6 is 20.8 Å². The van der Waals surface area contributed by atoms with Crippen molar-refractivity contribution in [2.24, 2.45) is 0 Å². The van der Waals surface area contributed by atoms with E-state index in [-0.39, 0.29) is 17.4 Å². The van der Waals surface area contributed by atoms with E-state index in [0.29, 0.717) is 0 Å². The number of hydrogen-bond acceptors (Lipinski definition) is 2. The van der Waals surface area contributed by atoms with Crippen LogP contribution in [0, 0.1) is 15.9 Å². The van der Waals surface area contributed by atoms with E-state index in [4.69, 9.17) is 0 Å². The molecule has 4 rings (SSSR count). The van der Waals surface area contributed by atoms with Crippen molar-refractivity contribution >= 4 is 42.4 Å². The van der Waals surface area contributed by atoms with Gasteiger partial charge in [0.05, 0.1) is 0 Å². The fourth-order valence-electron chi connectivity index (χ4n) is 4.11. The number of rotatable bonds is 6. The number of halogens is 2. The molecule has 0 aliphatic rings. The third-order valence-corrected chi connectivity index (χ3v) is 15.1. The Kier molecular flexibility index (Phi) is 5.74. The molecule has 4 aromatic carbocycles. The van der Waals surface area contributed by atoms with Gasteiger partial charge in [-0.05, 0) is 0 Å². The quantitative estimate of drug-likeness (QED) is 0.185. The second kappa shape index (κ2) is 8.33. The standard InChI is InChI=1S/C25H20BrFNO2P/c26-31(20-11-4-1-5-12-20,21-13-6-2-7-14-21,22-15-8-3-9-16-22)19-23-24(27)17-10-18-25(23)28(29)30/h1-18H,19H2. The summed E-state index contributed by atoms with van der Waals surface area (Å²) in [6.07, 6.45) is 0.132. The van der Waals surface area contributed by atoms with Crippen LogP contribution in [-0.2, 0) is 6.16 Å². The fourth-order valence-corrected chi connectivity index (χ4v) is 11.7. The van der Waals surface area contributed by atoms with Crippen molar-refractivity contribution in [1.82, 2.24) is 0 Å². The van der Waals surface area contributed by atoms with E-state index in [9.17, 15) is 10.1 Å². The molecule has 0 aliphatic heterocycles. The van der Waals surface area contributed by atoms with Crippen LogP contribution in [0.4, 0.5) is 10.1 Å². The number of nitro benzene ring substituents is 1. The van der Waals surface area contributed by atoms with Gasteiger partial charge in [-0.3, -0.25) is 0 Å². The molecular formula is C25H20BrFNO2P. The van der Waals surface area contributed by atoms with Crippen molar-refractivity contribution in [2.75, 3.05) is 0 Å². The molecule has 0 unspecified atom stereocenters. The molecule has 31 heavy (non-hydrogen) atoms. The molecule has 6 heteroatoms. The van der Waals surface area contributed by atoms with E-state index in [2.05, 4.69) is 15.5 Å². The predicted octanol–water partition coefficient (Wildman–Crippen LogP) is 6.07. The Labute approximate surface area is 188 Å². The first kappa shape index (κ1) is 21.4. The first-order valence-electron chi connectivity index (χ1n) is 9.76. The van der Waals surface area contributed by atoms with Crippen molar-refractivity contribution in [2.45, 2.75) is 6.16 Å². The van der Waals surface area contributed by atoms with Crippen molar-refractivity contribution in [3.05, 3.63) is 131 Å². The topological polar surface area (TPSA) is 43.1 Å². The van der Waals surface area contributed by atoms with Crippen molar-refractivity contribution in [1.29, 1.82) is 0 Å². The predicted molar refractivity (Wildman–Crippen MR) is 131 cm³/mol. The normalized spacial score (nSPS) is 12.6. The van der Waals surface area contributed by atoms with Crippen LogP contribution in [0.2, 0.25) is 0 Å². The average Bonchev–Trinajstić information content (AvgIpc) is 2.82. The Bertz CT molecular complexity index is 1120. The molecule has 0 amide bonds. The maximum atomic E-state index is 15.2. The Hall–Kier alpha value is -2.88. The zero-order chi connectivity index (χ0) is 21.9. The van der Waals surface area contributed by atoms with Crippen LogP contribution < -0.4 is 15.9 Å². The first-order chi connectivity index (χ1) is 14.9. The summed E-state index contributed by atoms with van der Waals surface area (Å²) in [6.45, 7) is 0. The Morgan fingerprint density at radius 1 is 0.710 bits per heavy atom. The average molecular weight is 496 g/mol. The molecule has 0 bridgehead atoms. The summed E-state index contributed by atoms with van der Waals surface area (Å²) in [6, 6.07) is 33.6. The van der Waals surface area contributed by atoms with Gasteiger partial charge in [-0.25, -0.2) is 0 Å². The summed E-state index contributed by atoms with van der Waals surface area (Å²) in [4.78, 5) is 11.3. The number of nitrogens with zero attached hydrogens (tertiary/aromatic N) is 1. The molecule has 4 aromatic rings. The van der Waals surface area contributed by atoms with Crippen LogP contribution in [0.5, 0.6) is 0 Å². The summed E-state index contributed by atoms with van der Waals surface area (Å²) in [7, 11) is 0. The zero-order valence-corrected chi connectivity index (χ0v) is 19.0. The second-order valence-corrected chi connectivity index (χ2v) is 16.3. The van der Waals surface area contributed by atoms with Gasteiger partial charge in [-0.2, -0.15) is 0 Å². The molecule has 156 valence electrons. The van der Waals surface area contributed by atoms with Gasteiger partial charge >= 0.3 is 189 Å². The fraction of sp³-hybridized carbons (Fsp3) is 0.0400. The summed E-state index contributed by atoms with van der Waals surface area (Å²) in [5.41, 5.74) is -0.116. The van der Waals surface area contributed by atoms with E-state index in [0.717, 1.165) is 15.9 Å². The van der Waals surface area contributed by atoms with E-state index in [1.807, 2.05) is 91.0 Å². The molecule has 0 radical (unpaired) electrons. The van der Waals surface area contributed by atoms with Gasteiger partial charge in [0, 0.05) is 0 Å². The molecule has 0 fully saturated rings. The van der Waals surface area contributed by atoms with E-state index in [1.54, 1.807) is 0 Å². The van der Waals surface area contributed by atoms with Crippen LogP contribution in [0.1, 0.15) is 5.56 Å². The monoisotopic (exact) mass is 495 g/mol. The van der Waals surface area contributed by atoms with Crippen molar-refractivity contribution < 1.29 is 9.31 Å². The number of nitro groups is 1. The van der Waals surface area contributed by atoms with Gasteiger partial charge in [0.2, 0.25) is 0 Å². The second-order valence-electron chi connectivity index (χ2n) is 7.34. The molecular weight excluding hydrogens is 476 g/mol. The van der Waals surface area contributed by atoms with Crippen LogP contribution in [0.25, 0.3) is 0 Å². The summed E-state index contributed by atoms with van der Waals surface area (Å²) in [5, 5.41) is 11.2. The van der Waals surface area contributed by atoms with Gasteiger partial charge < -0.3 is 0 Å². The third-order valence-electron chi connectivity index (χ3n) is 5.63. The van der Waals surface area contributed by atoms with Crippen molar-refractivity contribution in [3.63, 3.8) is 0 Å². The van der Waals surface area contributed by atoms with E-state index in [1.165, 1.54) is 18.2 Å². The van der Waals surface area contributed by atoms with Crippen molar-refractivity contribution in [3.8, 4) is 0 Å². The van der Waals surface area contributed by atoms with Gasteiger partial charge in [-0.15, -0.1) is 0 Å². The van der Waals surface area contributed by atoms with Gasteiger partial charge in [0.25, 0.3) is 0 Å².